The molecule has 182 valence electrons. The number of nitrogens with one attached hydrogen (secondary N) is 1. The minimum Gasteiger partial charge on any atom is -0.388 e. The minimum absolute atomic E-state index is 0.0930. The van der Waals surface area contributed by atoms with Gasteiger partial charge in [0.2, 0.25) is 0 Å². The van der Waals surface area contributed by atoms with Crippen LogP contribution < -0.4 is 0 Å². The number of aryl methyl sites for hydroxylation is 1. The second-order valence-corrected chi connectivity index (χ2v) is 9.46. The van der Waals surface area contributed by atoms with E-state index in [9.17, 15) is 5.11 Å². The average molecular weight is 479 g/mol. The summed E-state index contributed by atoms with van der Waals surface area (Å²) in [6.45, 7) is 1.92. The van der Waals surface area contributed by atoms with Gasteiger partial charge in [-0.3, -0.25) is 9.88 Å². The topological polar surface area (TPSA) is 82.9 Å². The zero-order chi connectivity index (χ0) is 24.3. The molecule has 3 heterocycles. The summed E-state index contributed by atoms with van der Waals surface area (Å²) in [5.41, 5.74) is 6.77. The van der Waals surface area contributed by atoms with Gasteiger partial charge < -0.3 is 14.7 Å². The summed E-state index contributed by atoms with van der Waals surface area (Å²) >= 11 is 0. The predicted octanol–water partition coefficient (Wildman–Crippen LogP) is 4.77. The van der Waals surface area contributed by atoms with Gasteiger partial charge in [0.05, 0.1) is 35.0 Å². The van der Waals surface area contributed by atoms with Crippen LogP contribution in [0.1, 0.15) is 53.0 Å². The van der Waals surface area contributed by atoms with Crippen LogP contribution in [0.3, 0.4) is 0 Å². The monoisotopic (exact) mass is 478 g/mol. The SMILES string of the molecule is OCc1ncc(CN(Cc2nc3ccccc3[nH]2)C2CCCc3cccnc32)n1Cc1ccccc1. The summed E-state index contributed by atoms with van der Waals surface area (Å²) in [6, 6.07) is 22.9. The first kappa shape index (κ1) is 22.6. The third-order valence-electron chi connectivity index (χ3n) is 7.11. The molecular formula is C29H30N6O. The fourth-order valence-corrected chi connectivity index (χ4v) is 5.36. The van der Waals surface area contributed by atoms with Crippen molar-refractivity contribution in [1.29, 1.82) is 0 Å². The third-order valence-corrected chi connectivity index (χ3v) is 7.11. The van der Waals surface area contributed by atoms with Gasteiger partial charge in [-0.2, -0.15) is 0 Å². The molecule has 1 unspecified atom stereocenters. The fourth-order valence-electron chi connectivity index (χ4n) is 5.36. The number of imidazole rings is 2. The second kappa shape index (κ2) is 10.0. The number of nitrogens with zero attached hydrogens (tertiary/aromatic N) is 5. The van der Waals surface area contributed by atoms with E-state index in [1.54, 1.807) is 0 Å². The quantitative estimate of drug-likeness (QED) is 0.336. The van der Waals surface area contributed by atoms with Crippen molar-refractivity contribution in [2.45, 2.75) is 51.5 Å². The van der Waals surface area contributed by atoms with Crippen molar-refractivity contribution in [2.24, 2.45) is 0 Å². The molecular weight excluding hydrogens is 448 g/mol. The van der Waals surface area contributed by atoms with E-state index < -0.39 is 0 Å². The van der Waals surface area contributed by atoms with Gasteiger partial charge in [0.1, 0.15) is 18.3 Å². The van der Waals surface area contributed by atoms with Gasteiger partial charge in [-0.05, 0) is 48.6 Å². The van der Waals surface area contributed by atoms with Gasteiger partial charge in [-0.15, -0.1) is 0 Å². The highest BCUT2D eigenvalue weighted by Crippen LogP contribution is 2.35. The summed E-state index contributed by atoms with van der Waals surface area (Å²) in [6.07, 6.45) is 7.05. The smallest absolute Gasteiger partial charge is 0.135 e. The predicted molar refractivity (Wildman–Crippen MR) is 139 cm³/mol. The summed E-state index contributed by atoms with van der Waals surface area (Å²) in [5, 5.41) is 10.0. The largest absolute Gasteiger partial charge is 0.388 e. The zero-order valence-electron chi connectivity index (χ0n) is 20.2. The number of aliphatic hydroxyl groups excluding tert-OH is 1. The van der Waals surface area contributed by atoms with Crippen molar-refractivity contribution in [2.75, 3.05) is 0 Å². The molecule has 0 radical (unpaired) electrons. The summed E-state index contributed by atoms with van der Waals surface area (Å²) in [5.74, 6) is 1.62. The lowest BCUT2D eigenvalue weighted by Crippen LogP contribution is -2.32. The first-order chi connectivity index (χ1) is 17.8. The van der Waals surface area contributed by atoms with Crippen LogP contribution in [0.2, 0.25) is 0 Å². The Balaban J connectivity index is 1.37. The van der Waals surface area contributed by atoms with Crippen molar-refractivity contribution in [3.63, 3.8) is 0 Å². The van der Waals surface area contributed by atoms with E-state index in [-0.39, 0.29) is 12.6 Å². The molecule has 0 saturated carbocycles. The molecule has 5 aromatic rings. The number of aromatic amines is 1. The number of benzene rings is 2. The van der Waals surface area contributed by atoms with Gasteiger partial charge >= 0.3 is 0 Å². The van der Waals surface area contributed by atoms with E-state index >= 15 is 0 Å². The van der Waals surface area contributed by atoms with Gasteiger partial charge in [0, 0.05) is 25.5 Å². The molecule has 0 bridgehead atoms. The molecule has 7 nitrogen and oxygen atoms in total. The van der Waals surface area contributed by atoms with Crippen LogP contribution in [-0.4, -0.2) is 34.5 Å². The van der Waals surface area contributed by atoms with Gasteiger partial charge in [-0.25, -0.2) is 9.97 Å². The summed E-state index contributed by atoms with van der Waals surface area (Å²) < 4.78 is 2.14. The Labute approximate surface area is 210 Å². The van der Waals surface area contributed by atoms with Crippen molar-refractivity contribution in [1.82, 2.24) is 29.4 Å². The van der Waals surface area contributed by atoms with Gasteiger partial charge in [-0.1, -0.05) is 48.5 Å². The molecule has 36 heavy (non-hydrogen) atoms. The molecule has 0 saturated heterocycles. The Kier molecular flexibility index (Phi) is 6.32. The average Bonchev–Trinajstić information content (AvgIpc) is 3.51. The highest BCUT2D eigenvalue weighted by molar-refractivity contribution is 5.74. The molecule has 0 aliphatic heterocycles. The molecule has 1 atom stereocenters. The number of hydrogen-bond donors (Lipinski definition) is 2. The third kappa shape index (κ3) is 4.55. The standard InChI is InChI=1S/C29H30N6O/c36-20-28-31-16-23(35(28)17-21-8-2-1-3-9-21)18-34(19-27-32-24-12-4-5-13-25(24)33-27)26-14-6-10-22-11-7-15-30-29(22)26/h1-5,7-9,11-13,15-16,26,36H,6,10,14,17-20H2,(H,32,33). The number of H-pyrrole nitrogens is 1. The van der Waals surface area contributed by atoms with Crippen molar-refractivity contribution in [3.8, 4) is 0 Å². The summed E-state index contributed by atoms with van der Waals surface area (Å²) in [4.78, 5) is 20.2. The lowest BCUT2D eigenvalue weighted by Gasteiger charge is -2.34. The maximum atomic E-state index is 10.0. The van der Waals surface area contributed by atoms with Crippen molar-refractivity contribution < 1.29 is 5.11 Å². The second-order valence-electron chi connectivity index (χ2n) is 9.46. The van der Waals surface area contributed by atoms with E-state index in [0.29, 0.717) is 25.5 Å². The normalized spacial score (nSPS) is 15.4. The number of hydrogen-bond acceptors (Lipinski definition) is 5. The Bertz CT molecular complexity index is 1420. The molecule has 3 aromatic heterocycles. The van der Waals surface area contributed by atoms with Crippen molar-refractivity contribution in [3.05, 3.63) is 113 Å². The van der Waals surface area contributed by atoms with E-state index in [0.717, 1.165) is 47.5 Å². The molecule has 1 aliphatic rings. The number of pyridine rings is 1. The zero-order valence-corrected chi connectivity index (χ0v) is 20.2. The van der Waals surface area contributed by atoms with Crippen molar-refractivity contribution >= 4 is 11.0 Å². The lowest BCUT2D eigenvalue weighted by molar-refractivity contribution is 0.149. The lowest BCUT2D eigenvalue weighted by atomic mass is 9.90. The molecule has 6 rings (SSSR count). The fraction of sp³-hybridized carbons (Fsp3) is 0.276. The number of rotatable bonds is 8. The highest BCUT2D eigenvalue weighted by atomic mass is 16.3. The number of para-hydroxylation sites is 2. The summed E-state index contributed by atoms with van der Waals surface area (Å²) in [7, 11) is 0. The highest BCUT2D eigenvalue weighted by Gasteiger charge is 2.29. The Morgan fingerprint density at radius 1 is 0.972 bits per heavy atom. The van der Waals surface area contributed by atoms with Crippen LogP contribution in [0.25, 0.3) is 11.0 Å². The Morgan fingerprint density at radius 3 is 2.69 bits per heavy atom. The Hall–Kier alpha value is -3.81. The Morgan fingerprint density at radius 2 is 1.83 bits per heavy atom. The number of aliphatic hydroxyl groups is 1. The first-order valence-electron chi connectivity index (χ1n) is 12.6. The molecule has 1 aliphatic carbocycles. The molecule has 2 aromatic carbocycles. The first-order valence-corrected chi connectivity index (χ1v) is 12.6. The number of aromatic nitrogens is 5. The van der Waals surface area contributed by atoms with Crippen LogP contribution in [-0.2, 0) is 32.7 Å². The molecule has 7 heteroatoms. The minimum atomic E-state index is -0.0930. The number of fused-ring (bicyclic) bond motifs is 2. The maximum absolute atomic E-state index is 10.0. The van der Waals surface area contributed by atoms with E-state index in [4.69, 9.17) is 9.97 Å². The van der Waals surface area contributed by atoms with Crippen LogP contribution in [0.5, 0.6) is 0 Å². The molecule has 0 fully saturated rings. The van der Waals surface area contributed by atoms with Crippen LogP contribution in [0.15, 0.2) is 79.1 Å². The van der Waals surface area contributed by atoms with E-state index in [2.05, 4.69) is 43.7 Å². The molecule has 0 amide bonds. The molecule has 0 spiro atoms. The maximum Gasteiger partial charge on any atom is 0.135 e. The van der Waals surface area contributed by atoms with Gasteiger partial charge in [0.25, 0.3) is 0 Å². The van der Waals surface area contributed by atoms with Crippen LogP contribution >= 0.6 is 0 Å². The van der Waals surface area contributed by atoms with E-state index in [1.165, 1.54) is 11.1 Å². The molecule has 2 N–H and O–H groups in total. The van der Waals surface area contributed by atoms with Crippen LogP contribution in [0.4, 0.5) is 0 Å². The van der Waals surface area contributed by atoms with Gasteiger partial charge in [0.15, 0.2) is 0 Å². The van der Waals surface area contributed by atoms with E-state index in [1.807, 2.05) is 54.9 Å². The van der Waals surface area contributed by atoms with Crippen LogP contribution in [0, 0.1) is 0 Å².